The number of ether oxygens (including phenoxy) is 2. The number of hydrogen-bond donors (Lipinski definition) is 1. The zero-order valence-electron chi connectivity index (χ0n) is 10.9. The highest BCUT2D eigenvalue weighted by molar-refractivity contribution is 5.76. The molecule has 0 aromatic carbocycles. The molecule has 0 spiro atoms. The number of rotatable bonds is 3. The average Bonchev–Trinajstić information content (AvgIpc) is 2.99. The predicted molar refractivity (Wildman–Crippen MR) is 65.3 cm³/mol. The van der Waals surface area contributed by atoms with Crippen molar-refractivity contribution >= 4 is 5.97 Å². The quantitative estimate of drug-likeness (QED) is 0.839. The van der Waals surface area contributed by atoms with Crippen molar-refractivity contribution in [1.82, 2.24) is 0 Å². The Kier molecular flexibility index (Phi) is 3.10. The Balaban J connectivity index is 1.84. The minimum absolute atomic E-state index is 0.0550. The second kappa shape index (κ2) is 4.49. The Bertz CT molecular complexity index is 343. The molecule has 18 heavy (non-hydrogen) atoms. The highest BCUT2D eigenvalue weighted by atomic mass is 16.5. The molecule has 3 aliphatic rings. The Hall–Kier alpha value is -0.610. The van der Waals surface area contributed by atoms with Crippen molar-refractivity contribution in [2.75, 3.05) is 7.11 Å². The summed E-state index contributed by atoms with van der Waals surface area (Å²) in [5.74, 6) is -0.416. The highest BCUT2D eigenvalue weighted by Gasteiger charge is 2.61. The van der Waals surface area contributed by atoms with Gasteiger partial charge in [-0.05, 0) is 44.4 Å². The van der Waals surface area contributed by atoms with Gasteiger partial charge in [0.05, 0.1) is 23.7 Å². The van der Waals surface area contributed by atoms with Crippen LogP contribution in [0.2, 0.25) is 0 Å². The summed E-state index contributed by atoms with van der Waals surface area (Å²) in [5.41, 5.74) is -0.625. The van der Waals surface area contributed by atoms with Crippen LogP contribution in [-0.2, 0) is 14.3 Å². The van der Waals surface area contributed by atoms with Crippen molar-refractivity contribution in [1.29, 1.82) is 0 Å². The van der Waals surface area contributed by atoms with E-state index in [1.54, 1.807) is 7.11 Å². The topological polar surface area (TPSA) is 55.8 Å². The third kappa shape index (κ3) is 1.69. The van der Waals surface area contributed by atoms with E-state index in [2.05, 4.69) is 0 Å². The first-order valence-electron chi connectivity index (χ1n) is 7.08. The molecule has 2 saturated heterocycles. The van der Waals surface area contributed by atoms with E-state index in [4.69, 9.17) is 9.47 Å². The molecule has 4 heteroatoms. The molecule has 0 radical (unpaired) electrons. The minimum atomic E-state index is -0.642. The van der Waals surface area contributed by atoms with Crippen LogP contribution in [0.5, 0.6) is 0 Å². The summed E-state index contributed by atoms with van der Waals surface area (Å²) < 4.78 is 11.3. The van der Waals surface area contributed by atoms with Crippen molar-refractivity contribution in [3.8, 4) is 0 Å². The zero-order valence-corrected chi connectivity index (χ0v) is 10.9. The van der Waals surface area contributed by atoms with Crippen LogP contribution in [0.15, 0.2) is 0 Å². The third-order valence-corrected chi connectivity index (χ3v) is 5.33. The summed E-state index contributed by atoms with van der Waals surface area (Å²) in [5, 5.41) is 9.78. The van der Waals surface area contributed by atoms with Gasteiger partial charge in [0.2, 0.25) is 0 Å². The third-order valence-electron chi connectivity index (χ3n) is 5.33. The zero-order chi connectivity index (χ0) is 12.8. The van der Waals surface area contributed by atoms with E-state index in [1.807, 2.05) is 0 Å². The van der Waals surface area contributed by atoms with Crippen LogP contribution >= 0.6 is 0 Å². The molecule has 1 aliphatic carbocycles. The Morgan fingerprint density at radius 3 is 2.72 bits per heavy atom. The lowest BCUT2D eigenvalue weighted by molar-refractivity contribution is -0.159. The molecule has 5 unspecified atom stereocenters. The maximum absolute atomic E-state index is 11.9. The maximum Gasteiger partial charge on any atom is 0.312 e. The number of aliphatic carboxylic acids is 1. The minimum Gasteiger partial charge on any atom is -0.481 e. The van der Waals surface area contributed by atoms with Crippen molar-refractivity contribution in [3.63, 3.8) is 0 Å². The second-order valence-electron chi connectivity index (χ2n) is 6.09. The lowest BCUT2D eigenvalue weighted by Crippen LogP contribution is -2.48. The van der Waals surface area contributed by atoms with Gasteiger partial charge >= 0.3 is 5.97 Å². The molecule has 102 valence electrons. The molecule has 0 aromatic heterocycles. The smallest absolute Gasteiger partial charge is 0.312 e. The molecular formula is C14H22O4. The highest BCUT2D eigenvalue weighted by Crippen LogP contribution is 2.55. The fraction of sp³-hybridized carbons (Fsp3) is 0.929. The molecule has 1 N–H and O–H groups in total. The van der Waals surface area contributed by atoms with Crippen LogP contribution in [0.3, 0.4) is 0 Å². The number of methoxy groups -OCH3 is 1. The molecular weight excluding hydrogens is 232 g/mol. The standard InChI is InChI=1S/C14H22O4/c1-17-10-4-2-3-9(7-10)14(13(15)16)8-11-5-6-12(14)18-11/h9-12H,2-8H2,1H3,(H,15,16). The van der Waals surface area contributed by atoms with Gasteiger partial charge < -0.3 is 14.6 Å². The molecule has 2 heterocycles. The lowest BCUT2D eigenvalue weighted by Gasteiger charge is -2.42. The van der Waals surface area contributed by atoms with E-state index in [9.17, 15) is 9.90 Å². The van der Waals surface area contributed by atoms with Gasteiger partial charge in [-0.3, -0.25) is 4.79 Å². The van der Waals surface area contributed by atoms with Crippen molar-refractivity contribution in [2.24, 2.45) is 11.3 Å². The Morgan fingerprint density at radius 1 is 1.33 bits per heavy atom. The Labute approximate surface area is 108 Å². The first kappa shape index (κ1) is 12.4. The molecule has 4 nitrogen and oxygen atoms in total. The van der Waals surface area contributed by atoms with Gasteiger partial charge in [-0.25, -0.2) is 0 Å². The molecule has 0 amide bonds. The van der Waals surface area contributed by atoms with Crippen molar-refractivity contribution in [3.05, 3.63) is 0 Å². The van der Waals surface area contributed by atoms with Crippen molar-refractivity contribution < 1.29 is 19.4 Å². The summed E-state index contributed by atoms with van der Waals surface area (Å²) >= 11 is 0. The SMILES string of the molecule is COC1CCCC(C2(C(=O)O)CC3CCC2O3)C1. The normalized spacial score (nSPS) is 47.4. The van der Waals surface area contributed by atoms with Gasteiger partial charge in [0.25, 0.3) is 0 Å². The molecule has 3 rings (SSSR count). The van der Waals surface area contributed by atoms with Crippen LogP contribution in [-0.4, -0.2) is 36.5 Å². The monoisotopic (exact) mass is 254 g/mol. The first-order chi connectivity index (χ1) is 8.66. The molecule has 2 aliphatic heterocycles. The van der Waals surface area contributed by atoms with Gasteiger partial charge in [-0.1, -0.05) is 6.42 Å². The van der Waals surface area contributed by atoms with Crippen molar-refractivity contribution in [2.45, 2.75) is 63.3 Å². The summed E-state index contributed by atoms with van der Waals surface area (Å²) in [7, 11) is 1.73. The number of fused-ring (bicyclic) bond motifs is 2. The fourth-order valence-electron chi connectivity index (χ4n) is 4.40. The largest absolute Gasteiger partial charge is 0.481 e. The van der Waals surface area contributed by atoms with Crippen LogP contribution in [0.25, 0.3) is 0 Å². The van der Waals surface area contributed by atoms with E-state index < -0.39 is 11.4 Å². The summed E-state index contributed by atoms with van der Waals surface area (Å²) in [4.78, 5) is 11.9. The van der Waals surface area contributed by atoms with E-state index in [0.717, 1.165) is 38.5 Å². The van der Waals surface area contributed by atoms with Crippen LogP contribution in [0.4, 0.5) is 0 Å². The molecule has 1 saturated carbocycles. The molecule has 0 aromatic rings. The van der Waals surface area contributed by atoms with E-state index in [0.29, 0.717) is 6.42 Å². The number of carboxylic acid groups (broad SMARTS) is 1. The Morgan fingerprint density at radius 2 is 2.17 bits per heavy atom. The average molecular weight is 254 g/mol. The first-order valence-corrected chi connectivity index (χ1v) is 7.08. The lowest BCUT2D eigenvalue weighted by atomic mass is 9.61. The summed E-state index contributed by atoms with van der Waals surface area (Å²) in [6.45, 7) is 0. The van der Waals surface area contributed by atoms with Crippen LogP contribution in [0.1, 0.15) is 44.9 Å². The van der Waals surface area contributed by atoms with E-state index >= 15 is 0 Å². The molecule has 5 atom stereocenters. The van der Waals surface area contributed by atoms with Gasteiger partial charge in [0.1, 0.15) is 0 Å². The second-order valence-corrected chi connectivity index (χ2v) is 6.09. The van der Waals surface area contributed by atoms with Crippen LogP contribution in [0, 0.1) is 11.3 Å². The molecule has 2 bridgehead atoms. The summed E-state index contributed by atoms with van der Waals surface area (Å²) in [6.07, 6.45) is 7.09. The number of carboxylic acids is 1. The number of carbonyl (C=O) groups is 1. The van der Waals surface area contributed by atoms with Gasteiger partial charge in [-0.2, -0.15) is 0 Å². The van der Waals surface area contributed by atoms with Gasteiger partial charge in [0.15, 0.2) is 0 Å². The van der Waals surface area contributed by atoms with E-state index in [-0.39, 0.29) is 24.2 Å². The van der Waals surface area contributed by atoms with E-state index in [1.165, 1.54) is 0 Å². The van der Waals surface area contributed by atoms with Gasteiger partial charge in [0, 0.05) is 7.11 Å². The molecule has 3 fully saturated rings. The summed E-state index contributed by atoms with van der Waals surface area (Å²) in [6, 6.07) is 0. The maximum atomic E-state index is 11.9. The fourth-order valence-corrected chi connectivity index (χ4v) is 4.40. The number of hydrogen-bond acceptors (Lipinski definition) is 3. The van der Waals surface area contributed by atoms with Crippen LogP contribution < -0.4 is 0 Å². The van der Waals surface area contributed by atoms with Gasteiger partial charge in [-0.15, -0.1) is 0 Å². The predicted octanol–water partition coefficient (Wildman–Crippen LogP) is 2.21.